The molecule has 4 heteroatoms. The highest BCUT2D eigenvalue weighted by molar-refractivity contribution is 6.42. The molecule has 0 amide bonds. The first kappa shape index (κ1) is 13.7. The summed E-state index contributed by atoms with van der Waals surface area (Å²) < 4.78 is 5.63. The Morgan fingerprint density at radius 1 is 1.21 bits per heavy atom. The largest absolute Gasteiger partial charge is 0.381 e. The minimum atomic E-state index is 0.113. The maximum atomic E-state index is 6.21. The fraction of sp³-hybridized carbons (Fsp3) is 0.600. The maximum Gasteiger partial charge on any atom is 0.0595 e. The van der Waals surface area contributed by atoms with Crippen molar-refractivity contribution in [1.29, 1.82) is 0 Å². The Morgan fingerprint density at radius 3 is 2.68 bits per heavy atom. The first-order valence-electron chi connectivity index (χ1n) is 6.70. The number of hydrogen-bond acceptors (Lipinski definition) is 2. The van der Waals surface area contributed by atoms with Gasteiger partial charge in [0, 0.05) is 25.6 Å². The fourth-order valence-electron chi connectivity index (χ4n) is 4.01. The lowest BCUT2D eigenvalue weighted by Crippen LogP contribution is -2.38. The normalized spacial score (nSPS) is 37.6. The van der Waals surface area contributed by atoms with Gasteiger partial charge in [0.2, 0.25) is 0 Å². The molecule has 3 atom stereocenters. The molecule has 1 aromatic rings. The Labute approximate surface area is 124 Å². The number of halogens is 2. The molecule has 0 radical (unpaired) electrons. The van der Waals surface area contributed by atoms with Crippen LogP contribution in [0, 0.1) is 5.41 Å². The van der Waals surface area contributed by atoms with Gasteiger partial charge >= 0.3 is 0 Å². The van der Waals surface area contributed by atoms with Crippen molar-refractivity contribution in [2.24, 2.45) is 5.41 Å². The molecule has 1 heterocycles. The quantitative estimate of drug-likeness (QED) is 0.900. The van der Waals surface area contributed by atoms with Crippen LogP contribution in [0.3, 0.4) is 0 Å². The Balaban J connectivity index is 2.07. The zero-order valence-corrected chi connectivity index (χ0v) is 12.8. The number of benzene rings is 1. The average molecular weight is 300 g/mol. The van der Waals surface area contributed by atoms with Crippen molar-refractivity contribution in [3.05, 3.63) is 33.8 Å². The summed E-state index contributed by atoms with van der Waals surface area (Å²) in [5.41, 5.74) is 1.63. The predicted molar refractivity (Wildman–Crippen MR) is 79.1 cm³/mol. The van der Waals surface area contributed by atoms with Gasteiger partial charge in [-0.25, -0.2) is 0 Å². The molecule has 1 aliphatic carbocycles. The van der Waals surface area contributed by atoms with Crippen LogP contribution in [0.25, 0.3) is 0 Å². The monoisotopic (exact) mass is 299 g/mol. The molecule has 0 unspecified atom stereocenters. The van der Waals surface area contributed by atoms with E-state index in [1.165, 1.54) is 5.56 Å². The van der Waals surface area contributed by atoms with Crippen molar-refractivity contribution in [3.63, 3.8) is 0 Å². The number of rotatable bonds is 2. The van der Waals surface area contributed by atoms with Crippen LogP contribution in [0.15, 0.2) is 18.2 Å². The van der Waals surface area contributed by atoms with Crippen LogP contribution >= 0.6 is 23.2 Å². The van der Waals surface area contributed by atoms with Gasteiger partial charge in [-0.3, -0.25) is 0 Å². The lowest BCUT2D eigenvalue weighted by Gasteiger charge is -2.37. The molecular formula is C15H19Cl2NO. The Morgan fingerprint density at radius 2 is 2.00 bits per heavy atom. The van der Waals surface area contributed by atoms with Crippen LogP contribution in [0.2, 0.25) is 10.0 Å². The van der Waals surface area contributed by atoms with Gasteiger partial charge < -0.3 is 10.1 Å². The standard InChI is InChI=1S/C15H19Cl2NO/c1-14-6-11(19-2)7-15(14,9-18-8-14)10-3-4-12(16)13(17)5-10/h3-5,11,18H,6-9H2,1-2H3/t11-,14-,15+/m1/s1. The first-order valence-corrected chi connectivity index (χ1v) is 7.45. The van der Waals surface area contributed by atoms with Crippen LogP contribution in [-0.2, 0) is 10.2 Å². The third-order valence-electron chi connectivity index (χ3n) is 5.16. The Hall–Kier alpha value is -0.280. The van der Waals surface area contributed by atoms with Gasteiger partial charge in [-0.1, -0.05) is 36.2 Å². The number of methoxy groups -OCH3 is 1. The maximum absolute atomic E-state index is 6.21. The van der Waals surface area contributed by atoms with Gasteiger partial charge in [0.05, 0.1) is 16.1 Å². The van der Waals surface area contributed by atoms with Crippen molar-refractivity contribution in [1.82, 2.24) is 5.32 Å². The number of nitrogens with one attached hydrogen (secondary N) is 1. The Bertz CT molecular complexity index is 507. The van der Waals surface area contributed by atoms with Crippen LogP contribution < -0.4 is 5.32 Å². The minimum Gasteiger partial charge on any atom is -0.381 e. The second-order valence-electron chi connectivity index (χ2n) is 6.14. The summed E-state index contributed by atoms with van der Waals surface area (Å²) in [6, 6.07) is 6.07. The molecule has 1 aliphatic heterocycles. The van der Waals surface area contributed by atoms with E-state index in [4.69, 9.17) is 27.9 Å². The highest BCUT2D eigenvalue weighted by Crippen LogP contribution is 2.57. The van der Waals surface area contributed by atoms with E-state index in [0.717, 1.165) is 25.9 Å². The van der Waals surface area contributed by atoms with Gasteiger partial charge in [0.15, 0.2) is 0 Å². The van der Waals surface area contributed by atoms with E-state index in [2.05, 4.69) is 18.3 Å². The predicted octanol–water partition coefficient (Wildman–Crippen LogP) is 3.65. The van der Waals surface area contributed by atoms with E-state index >= 15 is 0 Å². The summed E-state index contributed by atoms with van der Waals surface area (Å²) in [5, 5.41) is 4.81. The molecule has 104 valence electrons. The molecule has 3 rings (SSSR count). The third-order valence-corrected chi connectivity index (χ3v) is 5.90. The molecule has 1 saturated carbocycles. The first-order chi connectivity index (χ1) is 9.01. The summed E-state index contributed by atoms with van der Waals surface area (Å²) in [4.78, 5) is 0. The van der Waals surface area contributed by atoms with Gasteiger partial charge in [-0.15, -0.1) is 0 Å². The molecule has 2 nitrogen and oxygen atoms in total. The molecule has 0 bridgehead atoms. The van der Waals surface area contributed by atoms with Gasteiger partial charge in [-0.2, -0.15) is 0 Å². The summed E-state index contributed by atoms with van der Waals surface area (Å²) in [7, 11) is 1.81. The molecule has 2 aliphatic rings. The van der Waals surface area contributed by atoms with Crippen LogP contribution in [0.5, 0.6) is 0 Å². The SMILES string of the molecule is CO[C@@H]1C[C@]2(C)CNC[C@]2(c2ccc(Cl)c(Cl)c2)C1. The second-order valence-corrected chi connectivity index (χ2v) is 6.96. The number of ether oxygens (including phenoxy) is 1. The van der Waals surface area contributed by atoms with Crippen molar-refractivity contribution in [2.75, 3.05) is 20.2 Å². The van der Waals surface area contributed by atoms with E-state index in [0.29, 0.717) is 16.1 Å². The highest BCUT2D eigenvalue weighted by atomic mass is 35.5. The lowest BCUT2D eigenvalue weighted by atomic mass is 9.65. The zero-order chi connectivity index (χ0) is 13.7. The van der Waals surface area contributed by atoms with Crippen LogP contribution in [0.1, 0.15) is 25.3 Å². The van der Waals surface area contributed by atoms with Crippen molar-refractivity contribution in [3.8, 4) is 0 Å². The molecular weight excluding hydrogens is 281 g/mol. The average Bonchev–Trinajstić information content (AvgIpc) is 2.83. The van der Waals surface area contributed by atoms with E-state index in [-0.39, 0.29) is 10.8 Å². The van der Waals surface area contributed by atoms with Crippen LogP contribution in [-0.4, -0.2) is 26.3 Å². The van der Waals surface area contributed by atoms with Gasteiger partial charge in [0.1, 0.15) is 0 Å². The topological polar surface area (TPSA) is 21.3 Å². The van der Waals surface area contributed by atoms with Crippen molar-refractivity contribution < 1.29 is 4.74 Å². The van der Waals surface area contributed by atoms with Crippen molar-refractivity contribution >= 4 is 23.2 Å². The highest BCUT2D eigenvalue weighted by Gasteiger charge is 2.59. The van der Waals surface area contributed by atoms with E-state index in [1.807, 2.05) is 19.2 Å². The third kappa shape index (κ3) is 1.92. The smallest absolute Gasteiger partial charge is 0.0595 e. The van der Waals surface area contributed by atoms with E-state index in [9.17, 15) is 0 Å². The number of fused-ring (bicyclic) bond motifs is 1. The molecule has 1 saturated heterocycles. The fourth-order valence-corrected chi connectivity index (χ4v) is 4.31. The number of hydrogen-bond donors (Lipinski definition) is 1. The summed E-state index contributed by atoms with van der Waals surface area (Å²) in [6.45, 7) is 4.38. The summed E-state index contributed by atoms with van der Waals surface area (Å²) in [6.07, 6.45) is 2.48. The minimum absolute atomic E-state index is 0.113. The molecule has 2 fully saturated rings. The summed E-state index contributed by atoms with van der Waals surface area (Å²) >= 11 is 12.3. The molecule has 19 heavy (non-hydrogen) atoms. The van der Waals surface area contributed by atoms with Gasteiger partial charge in [-0.05, 0) is 36.0 Å². The zero-order valence-electron chi connectivity index (χ0n) is 11.3. The van der Waals surface area contributed by atoms with Crippen molar-refractivity contribution in [2.45, 2.75) is 31.3 Å². The molecule has 0 spiro atoms. The molecule has 0 aromatic heterocycles. The lowest BCUT2D eigenvalue weighted by molar-refractivity contribution is 0.0962. The van der Waals surface area contributed by atoms with Crippen LogP contribution in [0.4, 0.5) is 0 Å². The van der Waals surface area contributed by atoms with E-state index < -0.39 is 0 Å². The summed E-state index contributed by atoms with van der Waals surface area (Å²) in [5.74, 6) is 0. The Kier molecular flexibility index (Phi) is 3.33. The van der Waals surface area contributed by atoms with Gasteiger partial charge in [0.25, 0.3) is 0 Å². The van der Waals surface area contributed by atoms with E-state index in [1.54, 1.807) is 0 Å². The molecule has 1 N–H and O–H groups in total. The second kappa shape index (κ2) is 4.63. The molecule has 1 aromatic carbocycles.